The van der Waals surface area contributed by atoms with E-state index in [1.165, 1.54) is 24.3 Å². The van der Waals surface area contributed by atoms with Gasteiger partial charge in [0.1, 0.15) is 5.75 Å². The highest BCUT2D eigenvalue weighted by molar-refractivity contribution is 6.22. The Morgan fingerprint density at radius 1 is 1.36 bits per heavy atom. The maximum atomic E-state index is 10.3. The van der Waals surface area contributed by atoms with E-state index in [-0.39, 0.29) is 5.69 Å². The van der Waals surface area contributed by atoms with Gasteiger partial charge < -0.3 is 4.74 Å². The van der Waals surface area contributed by atoms with E-state index in [0.717, 1.165) is 0 Å². The van der Waals surface area contributed by atoms with Crippen LogP contribution in [0.3, 0.4) is 0 Å². The maximum absolute atomic E-state index is 10.3. The van der Waals surface area contributed by atoms with Crippen LogP contribution >= 0.6 is 11.6 Å². The van der Waals surface area contributed by atoms with E-state index in [4.69, 9.17) is 16.3 Å². The zero-order valence-corrected chi connectivity index (χ0v) is 8.62. The fourth-order valence-corrected chi connectivity index (χ4v) is 1.01. The largest absolute Gasteiger partial charge is 0.473 e. The summed E-state index contributed by atoms with van der Waals surface area (Å²) in [4.78, 5) is 9.87. The first-order valence-electron chi connectivity index (χ1n) is 4.01. The van der Waals surface area contributed by atoms with Crippen molar-refractivity contribution in [2.75, 3.05) is 0 Å². The summed E-state index contributed by atoms with van der Waals surface area (Å²) in [5.74, 6) is 0.510. The minimum Gasteiger partial charge on any atom is -0.473 e. The first-order valence-corrected chi connectivity index (χ1v) is 4.39. The van der Waals surface area contributed by atoms with E-state index in [1.807, 2.05) is 0 Å². The Hall–Kier alpha value is -1.29. The number of nitro groups is 1. The molecule has 5 heteroatoms. The number of non-ortho nitro benzene ring substituents is 1. The third-order valence-electron chi connectivity index (χ3n) is 1.41. The van der Waals surface area contributed by atoms with Crippen LogP contribution in [0.1, 0.15) is 13.8 Å². The van der Waals surface area contributed by atoms with Gasteiger partial charge in [-0.05, 0) is 26.0 Å². The smallest absolute Gasteiger partial charge is 0.269 e. The molecule has 0 heterocycles. The molecule has 0 aliphatic rings. The van der Waals surface area contributed by atoms with E-state index in [0.29, 0.717) is 5.75 Å². The topological polar surface area (TPSA) is 52.4 Å². The van der Waals surface area contributed by atoms with E-state index in [1.54, 1.807) is 13.8 Å². The molecule has 1 aromatic rings. The van der Waals surface area contributed by atoms with Gasteiger partial charge in [0.15, 0.2) is 5.06 Å². The van der Waals surface area contributed by atoms with E-state index in [9.17, 15) is 10.1 Å². The number of halogens is 1. The molecule has 76 valence electrons. The van der Waals surface area contributed by atoms with E-state index in [2.05, 4.69) is 0 Å². The molecule has 0 fully saturated rings. The van der Waals surface area contributed by atoms with E-state index < -0.39 is 9.98 Å². The third-order valence-corrected chi connectivity index (χ3v) is 1.49. The molecule has 4 nitrogen and oxygen atoms in total. The molecule has 0 aliphatic heterocycles. The fraction of sp³-hybridized carbons (Fsp3) is 0.333. The molecule has 0 aromatic heterocycles. The lowest BCUT2D eigenvalue weighted by molar-refractivity contribution is -0.384. The van der Waals surface area contributed by atoms with Gasteiger partial charge in [-0.2, -0.15) is 0 Å². The van der Waals surface area contributed by atoms with Gasteiger partial charge in [-0.25, -0.2) is 0 Å². The van der Waals surface area contributed by atoms with Crippen molar-refractivity contribution in [3.8, 4) is 5.75 Å². The molecule has 0 aliphatic carbocycles. The number of nitro benzene ring substituents is 1. The standard InChI is InChI=1S/C9H10ClNO3/c1-9(2,10)14-8-5-3-7(4-6-8)11(12)13/h3-6H,1-2H3. The lowest BCUT2D eigenvalue weighted by Gasteiger charge is -2.18. The van der Waals surface area contributed by atoms with E-state index >= 15 is 0 Å². The maximum Gasteiger partial charge on any atom is 0.269 e. The highest BCUT2D eigenvalue weighted by Gasteiger charge is 2.15. The Balaban J connectivity index is 2.79. The number of ether oxygens (including phenoxy) is 1. The Labute approximate surface area is 86.6 Å². The van der Waals surface area contributed by atoms with Crippen molar-refractivity contribution in [2.24, 2.45) is 0 Å². The zero-order valence-electron chi connectivity index (χ0n) is 7.86. The van der Waals surface area contributed by atoms with Crippen molar-refractivity contribution >= 4 is 17.3 Å². The monoisotopic (exact) mass is 215 g/mol. The SMILES string of the molecule is CC(C)(Cl)Oc1ccc([N+](=O)[O-])cc1. The number of benzene rings is 1. The van der Waals surface area contributed by atoms with Gasteiger partial charge in [0, 0.05) is 12.1 Å². The molecule has 1 rings (SSSR count). The summed E-state index contributed by atoms with van der Waals surface area (Å²) in [5, 5.41) is 9.53. The highest BCUT2D eigenvalue weighted by Crippen LogP contribution is 2.23. The van der Waals surface area contributed by atoms with Gasteiger partial charge in [0.05, 0.1) is 4.92 Å². The molecule has 0 spiro atoms. The van der Waals surface area contributed by atoms with Crippen LogP contribution in [0.15, 0.2) is 24.3 Å². The third kappa shape index (κ3) is 3.22. The summed E-state index contributed by atoms with van der Waals surface area (Å²) in [6, 6.07) is 5.78. The number of rotatable bonds is 3. The minimum absolute atomic E-state index is 0.0322. The Morgan fingerprint density at radius 2 is 1.86 bits per heavy atom. The molecular weight excluding hydrogens is 206 g/mol. The molecule has 0 saturated carbocycles. The lowest BCUT2D eigenvalue weighted by atomic mass is 10.3. The molecule has 0 N–H and O–H groups in total. The average Bonchev–Trinajstić information content (AvgIpc) is 2.02. The van der Waals surface area contributed by atoms with Crippen molar-refractivity contribution in [1.29, 1.82) is 0 Å². The van der Waals surface area contributed by atoms with Crippen LogP contribution in [0, 0.1) is 10.1 Å². The van der Waals surface area contributed by atoms with Crippen LogP contribution in [-0.4, -0.2) is 9.98 Å². The summed E-state index contributed by atoms with van der Waals surface area (Å²) in [7, 11) is 0. The summed E-state index contributed by atoms with van der Waals surface area (Å²) in [6.45, 7) is 3.38. The van der Waals surface area contributed by atoms with Crippen molar-refractivity contribution < 1.29 is 9.66 Å². The van der Waals surface area contributed by atoms with Crippen LogP contribution in [0.2, 0.25) is 0 Å². The number of alkyl halides is 1. The van der Waals surface area contributed by atoms with Gasteiger partial charge in [-0.3, -0.25) is 10.1 Å². The average molecular weight is 216 g/mol. The zero-order chi connectivity index (χ0) is 10.8. The Bertz CT molecular complexity index is 329. The molecule has 0 bridgehead atoms. The van der Waals surface area contributed by atoms with Crippen LogP contribution in [0.5, 0.6) is 5.75 Å². The van der Waals surface area contributed by atoms with Crippen molar-refractivity contribution in [1.82, 2.24) is 0 Å². The van der Waals surface area contributed by atoms with Gasteiger partial charge in [0.2, 0.25) is 0 Å². The molecule has 0 radical (unpaired) electrons. The summed E-state index contributed by atoms with van der Waals surface area (Å²) in [5.41, 5.74) is 0.0322. The predicted molar refractivity (Wildman–Crippen MR) is 53.7 cm³/mol. The summed E-state index contributed by atoms with van der Waals surface area (Å²) in [6.07, 6.45) is 0. The molecule has 1 aromatic carbocycles. The second-order valence-electron chi connectivity index (χ2n) is 3.22. The highest BCUT2D eigenvalue weighted by atomic mass is 35.5. The molecule has 14 heavy (non-hydrogen) atoms. The van der Waals surface area contributed by atoms with Gasteiger partial charge in [-0.15, -0.1) is 0 Å². The van der Waals surface area contributed by atoms with Gasteiger partial charge in [-0.1, -0.05) is 11.6 Å². The van der Waals surface area contributed by atoms with Crippen molar-refractivity contribution in [3.63, 3.8) is 0 Å². The molecular formula is C9H10ClNO3. The van der Waals surface area contributed by atoms with Crippen LogP contribution < -0.4 is 4.74 Å². The van der Waals surface area contributed by atoms with Crippen LogP contribution in [0.25, 0.3) is 0 Å². The molecule has 0 saturated heterocycles. The Morgan fingerprint density at radius 3 is 2.21 bits per heavy atom. The van der Waals surface area contributed by atoms with Gasteiger partial charge in [0.25, 0.3) is 5.69 Å². The normalized spacial score (nSPS) is 11.1. The molecule has 0 unspecified atom stereocenters. The first-order chi connectivity index (χ1) is 6.38. The second kappa shape index (κ2) is 3.84. The minimum atomic E-state index is -0.809. The van der Waals surface area contributed by atoms with Crippen molar-refractivity contribution in [3.05, 3.63) is 34.4 Å². The summed E-state index contributed by atoms with van der Waals surface area (Å²) >= 11 is 5.81. The molecule has 0 atom stereocenters. The molecule has 0 amide bonds. The van der Waals surface area contributed by atoms with Gasteiger partial charge >= 0.3 is 0 Å². The first kappa shape index (κ1) is 10.8. The predicted octanol–water partition coefficient (Wildman–Crippen LogP) is 2.95. The quantitative estimate of drug-likeness (QED) is 0.443. The van der Waals surface area contributed by atoms with Crippen LogP contribution in [0.4, 0.5) is 5.69 Å². The number of hydrogen-bond donors (Lipinski definition) is 0. The summed E-state index contributed by atoms with van der Waals surface area (Å²) < 4.78 is 5.28. The number of nitrogens with zero attached hydrogens (tertiary/aromatic N) is 1. The lowest BCUT2D eigenvalue weighted by Crippen LogP contribution is -2.19. The second-order valence-corrected chi connectivity index (χ2v) is 4.13. The van der Waals surface area contributed by atoms with Crippen molar-refractivity contribution in [2.45, 2.75) is 18.9 Å². The Kier molecular flexibility index (Phi) is 2.96. The number of hydrogen-bond acceptors (Lipinski definition) is 3. The van der Waals surface area contributed by atoms with Crippen LogP contribution in [-0.2, 0) is 0 Å². The fourth-order valence-electron chi connectivity index (χ4n) is 0.916.